The molecule has 1 aliphatic rings. The average Bonchev–Trinajstić information content (AvgIpc) is 3.05. The zero-order chi connectivity index (χ0) is 16.5. The summed E-state index contributed by atoms with van der Waals surface area (Å²) in [4.78, 5) is 24.2. The van der Waals surface area contributed by atoms with E-state index >= 15 is 0 Å². The topological polar surface area (TPSA) is 78.9 Å². The van der Waals surface area contributed by atoms with Gasteiger partial charge in [0.15, 0.2) is 0 Å². The predicted molar refractivity (Wildman–Crippen MR) is 86.3 cm³/mol. The molecule has 6 nitrogen and oxygen atoms in total. The van der Waals surface area contributed by atoms with E-state index < -0.39 is 5.97 Å². The Kier molecular flexibility index (Phi) is 6.87. The van der Waals surface area contributed by atoms with Crippen molar-refractivity contribution < 1.29 is 19.4 Å². The second-order valence-electron chi connectivity index (χ2n) is 5.71. The van der Waals surface area contributed by atoms with Crippen LogP contribution in [0, 0.1) is 0 Å². The number of likely N-dealkylation sites (tertiary alicyclic amines) is 1. The smallest absolute Gasteiger partial charge is 0.303 e. The molecule has 1 aliphatic heterocycles. The number of carbonyl (C=O) groups excluding carboxylic acids is 1. The molecule has 1 aromatic rings. The van der Waals surface area contributed by atoms with Crippen molar-refractivity contribution in [2.75, 3.05) is 26.2 Å². The molecule has 1 amide bonds. The van der Waals surface area contributed by atoms with Gasteiger partial charge in [-0.3, -0.25) is 14.5 Å². The number of benzene rings is 1. The predicted octanol–water partition coefficient (Wildman–Crippen LogP) is 1.64. The molecule has 1 fully saturated rings. The molecule has 0 atom stereocenters. The lowest BCUT2D eigenvalue weighted by atomic mass is 10.2. The third-order valence-corrected chi connectivity index (χ3v) is 3.85. The van der Waals surface area contributed by atoms with Crippen LogP contribution in [0.25, 0.3) is 0 Å². The van der Waals surface area contributed by atoms with Gasteiger partial charge in [0.1, 0.15) is 12.4 Å². The minimum atomic E-state index is -0.962. The van der Waals surface area contributed by atoms with Crippen LogP contribution in [0.5, 0.6) is 5.75 Å². The summed E-state index contributed by atoms with van der Waals surface area (Å²) in [5.74, 6) is -0.390. The van der Waals surface area contributed by atoms with Crippen molar-refractivity contribution in [1.29, 1.82) is 0 Å². The number of carboxylic acid groups (broad SMARTS) is 1. The second-order valence-corrected chi connectivity index (χ2v) is 5.71. The first-order chi connectivity index (χ1) is 11.1. The lowest BCUT2D eigenvalue weighted by molar-refractivity contribution is -0.138. The molecule has 0 aliphatic carbocycles. The first kappa shape index (κ1) is 17.3. The van der Waals surface area contributed by atoms with Crippen molar-refractivity contribution in [3.63, 3.8) is 0 Å². The van der Waals surface area contributed by atoms with Crippen molar-refractivity contribution in [2.45, 2.75) is 32.2 Å². The van der Waals surface area contributed by atoms with Gasteiger partial charge in [-0.2, -0.15) is 0 Å². The molecular weight excluding hydrogens is 296 g/mol. The largest absolute Gasteiger partial charge is 0.492 e. The Labute approximate surface area is 136 Å². The summed E-state index contributed by atoms with van der Waals surface area (Å²) in [6.07, 6.45) is 2.43. The highest BCUT2D eigenvalue weighted by Crippen LogP contribution is 2.13. The van der Waals surface area contributed by atoms with Crippen LogP contribution in [-0.2, 0) is 16.1 Å². The summed E-state index contributed by atoms with van der Waals surface area (Å²) in [5, 5.41) is 11.2. The SMILES string of the molecule is O=C(O)CCC(=O)NCc1ccc(OCCN2CCCC2)cc1. The molecule has 0 radical (unpaired) electrons. The fourth-order valence-corrected chi connectivity index (χ4v) is 2.51. The van der Waals surface area contributed by atoms with E-state index in [1.165, 1.54) is 25.9 Å². The first-order valence-electron chi connectivity index (χ1n) is 8.06. The van der Waals surface area contributed by atoms with Crippen LogP contribution in [-0.4, -0.2) is 48.1 Å². The number of aliphatic carboxylic acids is 1. The molecule has 1 saturated heterocycles. The molecule has 0 spiro atoms. The molecule has 126 valence electrons. The van der Waals surface area contributed by atoms with Gasteiger partial charge in [-0.1, -0.05) is 12.1 Å². The minimum Gasteiger partial charge on any atom is -0.492 e. The van der Waals surface area contributed by atoms with Gasteiger partial charge in [0.05, 0.1) is 6.42 Å². The lowest BCUT2D eigenvalue weighted by Crippen LogP contribution is -2.25. The summed E-state index contributed by atoms with van der Waals surface area (Å²) < 4.78 is 5.72. The molecule has 0 aromatic heterocycles. The second kappa shape index (κ2) is 9.15. The Morgan fingerprint density at radius 1 is 1.13 bits per heavy atom. The Hall–Kier alpha value is -2.08. The maximum absolute atomic E-state index is 11.5. The number of nitrogens with one attached hydrogen (secondary N) is 1. The highest BCUT2D eigenvalue weighted by atomic mass is 16.5. The van der Waals surface area contributed by atoms with Crippen molar-refractivity contribution in [3.05, 3.63) is 29.8 Å². The number of nitrogens with zero attached hydrogens (tertiary/aromatic N) is 1. The fraction of sp³-hybridized carbons (Fsp3) is 0.529. The molecule has 0 saturated carbocycles. The Morgan fingerprint density at radius 3 is 2.48 bits per heavy atom. The summed E-state index contributed by atoms with van der Waals surface area (Å²) in [6, 6.07) is 7.59. The molecule has 2 N–H and O–H groups in total. The minimum absolute atomic E-state index is 0.00697. The number of ether oxygens (including phenoxy) is 1. The van der Waals surface area contributed by atoms with Crippen molar-refractivity contribution in [2.24, 2.45) is 0 Å². The zero-order valence-electron chi connectivity index (χ0n) is 13.3. The van der Waals surface area contributed by atoms with E-state index in [0.29, 0.717) is 13.2 Å². The van der Waals surface area contributed by atoms with E-state index in [1.54, 1.807) is 0 Å². The maximum atomic E-state index is 11.5. The van der Waals surface area contributed by atoms with Crippen LogP contribution in [0.2, 0.25) is 0 Å². The highest BCUT2D eigenvalue weighted by molar-refractivity contribution is 5.80. The van der Waals surface area contributed by atoms with Gasteiger partial charge in [-0.05, 0) is 43.6 Å². The third-order valence-electron chi connectivity index (χ3n) is 3.85. The number of carboxylic acids is 1. The number of amides is 1. The number of carbonyl (C=O) groups is 2. The van der Waals surface area contributed by atoms with Crippen molar-refractivity contribution in [1.82, 2.24) is 10.2 Å². The van der Waals surface area contributed by atoms with Crippen LogP contribution in [0.4, 0.5) is 0 Å². The van der Waals surface area contributed by atoms with Crippen LogP contribution in [0.3, 0.4) is 0 Å². The molecular formula is C17H24N2O4. The van der Waals surface area contributed by atoms with Gasteiger partial charge in [-0.25, -0.2) is 0 Å². The zero-order valence-corrected chi connectivity index (χ0v) is 13.3. The summed E-state index contributed by atoms with van der Waals surface area (Å²) in [7, 11) is 0. The molecule has 23 heavy (non-hydrogen) atoms. The molecule has 6 heteroatoms. The van der Waals surface area contributed by atoms with Crippen LogP contribution in [0.1, 0.15) is 31.2 Å². The van der Waals surface area contributed by atoms with E-state index in [-0.39, 0.29) is 18.7 Å². The summed E-state index contributed by atoms with van der Waals surface area (Å²) in [6.45, 7) is 4.38. The van der Waals surface area contributed by atoms with E-state index in [2.05, 4.69) is 10.2 Å². The lowest BCUT2D eigenvalue weighted by Gasteiger charge is -2.15. The van der Waals surface area contributed by atoms with E-state index in [1.807, 2.05) is 24.3 Å². The van der Waals surface area contributed by atoms with Crippen LogP contribution >= 0.6 is 0 Å². The number of rotatable bonds is 9. The van der Waals surface area contributed by atoms with E-state index in [0.717, 1.165) is 17.9 Å². The average molecular weight is 320 g/mol. The van der Waals surface area contributed by atoms with Gasteiger partial charge in [0.25, 0.3) is 0 Å². The van der Waals surface area contributed by atoms with Gasteiger partial charge in [-0.15, -0.1) is 0 Å². The monoisotopic (exact) mass is 320 g/mol. The summed E-state index contributed by atoms with van der Waals surface area (Å²) in [5.41, 5.74) is 0.959. The van der Waals surface area contributed by atoms with E-state index in [9.17, 15) is 9.59 Å². The molecule has 0 bridgehead atoms. The van der Waals surface area contributed by atoms with Gasteiger partial charge < -0.3 is 15.2 Å². The normalized spacial score (nSPS) is 14.6. The quantitative estimate of drug-likeness (QED) is 0.723. The maximum Gasteiger partial charge on any atom is 0.303 e. The summed E-state index contributed by atoms with van der Waals surface area (Å²) >= 11 is 0. The first-order valence-corrected chi connectivity index (χ1v) is 8.06. The van der Waals surface area contributed by atoms with Crippen molar-refractivity contribution >= 4 is 11.9 Å². The molecule has 0 unspecified atom stereocenters. The molecule has 1 aromatic carbocycles. The standard InChI is InChI=1S/C17H24N2O4/c20-16(7-8-17(21)22)18-13-14-3-5-15(6-4-14)23-12-11-19-9-1-2-10-19/h3-6H,1-2,7-13H2,(H,18,20)(H,21,22). The Morgan fingerprint density at radius 2 is 1.83 bits per heavy atom. The molecule has 1 heterocycles. The van der Waals surface area contributed by atoms with Crippen molar-refractivity contribution in [3.8, 4) is 5.75 Å². The van der Waals surface area contributed by atoms with Crippen LogP contribution < -0.4 is 10.1 Å². The van der Waals surface area contributed by atoms with Gasteiger partial charge >= 0.3 is 5.97 Å². The Balaban J connectivity index is 1.65. The van der Waals surface area contributed by atoms with Gasteiger partial charge in [0.2, 0.25) is 5.91 Å². The van der Waals surface area contributed by atoms with Crippen LogP contribution in [0.15, 0.2) is 24.3 Å². The number of hydrogen-bond donors (Lipinski definition) is 2. The fourth-order valence-electron chi connectivity index (χ4n) is 2.51. The number of hydrogen-bond acceptors (Lipinski definition) is 4. The molecule has 2 rings (SSSR count). The highest BCUT2D eigenvalue weighted by Gasteiger charge is 2.10. The van der Waals surface area contributed by atoms with E-state index in [4.69, 9.17) is 9.84 Å². The Bertz CT molecular complexity index is 510. The third kappa shape index (κ3) is 6.69. The van der Waals surface area contributed by atoms with Gasteiger partial charge in [0, 0.05) is 19.5 Å².